The lowest BCUT2D eigenvalue weighted by Crippen LogP contribution is -2.39. The lowest BCUT2D eigenvalue weighted by Gasteiger charge is -2.27. The lowest BCUT2D eigenvalue weighted by molar-refractivity contribution is -0.131. The molecule has 1 aliphatic rings. The maximum absolute atomic E-state index is 11.3. The molecule has 0 aliphatic carbocycles. The van der Waals surface area contributed by atoms with Gasteiger partial charge in [0.25, 0.3) is 0 Å². The highest BCUT2D eigenvalue weighted by Gasteiger charge is 2.21. The van der Waals surface area contributed by atoms with E-state index in [2.05, 4.69) is 5.32 Å². The molecule has 5 nitrogen and oxygen atoms in total. The SMILES string of the molecule is CC(NC(=O)/C=C/C(=O)O)C1CCOCC1. The van der Waals surface area contributed by atoms with E-state index < -0.39 is 5.97 Å². The Morgan fingerprint density at radius 3 is 2.56 bits per heavy atom. The third kappa shape index (κ3) is 4.44. The van der Waals surface area contributed by atoms with Crippen molar-refractivity contribution in [1.29, 1.82) is 0 Å². The molecule has 1 heterocycles. The first-order chi connectivity index (χ1) is 7.59. The van der Waals surface area contributed by atoms with Crippen LogP contribution in [0.1, 0.15) is 19.8 Å². The number of hydrogen-bond acceptors (Lipinski definition) is 3. The van der Waals surface area contributed by atoms with Crippen molar-refractivity contribution in [2.24, 2.45) is 5.92 Å². The van der Waals surface area contributed by atoms with Gasteiger partial charge in [-0.05, 0) is 25.7 Å². The summed E-state index contributed by atoms with van der Waals surface area (Å²) in [7, 11) is 0. The van der Waals surface area contributed by atoms with Gasteiger partial charge in [-0.1, -0.05) is 0 Å². The van der Waals surface area contributed by atoms with E-state index >= 15 is 0 Å². The van der Waals surface area contributed by atoms with Gasteiger partial charge in [-0.15, -0.1) is 0 Å². The number of amides is 1. The molecular formula is C11H17NO4. The van der Waals surface area contributed by atoms with Gasteiger partial charge in [-0.25, -0.2) is 4.79 Å². The number of aliphatic carboxylic acids is 1. The molecule has 0 spiro atoms. The Balaban J connectivity index is 2.34. The molecule has 0 aromatic heterocycles. The van der Waals surface area contributed by atoms with Crippen molar-refractivity contribution in [2.75, 3.05) is 13.2 Å². The minimum atomic E-state index is -1.12. The van der Waals surface area contributed by atoms with Gasteiger partial charge in [0.05, 0.1) is 0 Å². The summed E-state index contributed by atoms with van der Waals surface area (Å²) in [5, 5.41) is 11.1. The van der Waals surface area contributed by atoms with E-state index in [-0.39, 0.29) is 11.9 Å². The molecular weight excluding hydrogens is 210 g/mol. The van der Waals surface area contributed by atoms with E-state index in [0.29, 0.717) is 5.92 Å². The van der Waals surface area contributed by atoms with Gasteiger partial charge in [0, 0.05) is 31.4 Å². The maximum atomic E-state index is 11.3. The van der Waals surface area contributed by atoms with Crippen LogP contribution in [0.5, 0.6) is 0 Å². The number of carbonyl (C=O) groups excluding carboxylic acids is 1. The highest BCUT2D eigenvalue weighted by molar-refractivity contribution is 5.93. The Hall–Kier alpha value is -1.36. The summed E-state index contributed by atoms with van der Waals surface area (Å²) in [4.78, 5) is 21.5. The van der Waals surface area contributed by atoms with Crippen molar-refractivity contribution in [1.82, 2.24) is 5.32 Å². The minimum absolute atomic E-state index is 0.0508. The van der Waals surface area contributed by atoms with Crippen LogP contribution < -0.4 is 5.32 Å². The fraction of sp³-hybridized carbons (Fsp3) is 0.636. The second-order valence-corrected chi connectivity index (χ2v) is 3.92. The molecule has 1 rings (SSSR count). The van der Waals surface area contributed by atoms with Crippen LogP contribution in [-0.2, 0) is 14.3 Å². The Morgan fingerprint density at radius 1 is 1.38 bits per heavy atom. The van der Waals surface area contributed by atoms with Crippen molar-refractivity contribution >= 4 is 11.9 Å². The van der Waals surface area contributed by atoms with E-state index in [4.69, 9.17) is 9.84 Å². The Kier molecular flexibility index (Phi) is 4.98. The van der Waals surface area contributed by atoms with E-state index in [0.717, 1.165) is 38.2 Å². The standard InChI is InChI=1S/C11H17NO4/c1-8(9-4-6-16-7-5-9)12-10(13)2-3-11(14)15/h2-3,8-9H,4-7H2,1H3,(H,12,13)(H,14,15)/b3-2+. The summed E-state index contributed by atoms with van der Waals surface area (Å²) in [6, 6.07) is 0.0508. The topological polar surface area (TPSA) is 75.6 Å². The van der Waals surface area contributed by atoms with Gasteiger partial charge in [-0.2, -0.15) is 0 Å². The minimum Gasteiger partial charge on any atom is -0.478 e. The van der Waals surface area contributed by atoms with Gasteiger partial charge in [0.2, 0.25) is 5.91 Å². The van der Waals surface area contributed by atoms with Crippen LogP contribution in [0.15, 0.2) is 12.2 Å². The molecule has 0 saturated carbocycles. The predicted octanol–water partition coefficient (Wildman–Crippen LogP) is 0.558. The normalized spacial score (nSPS) is 19.6. The Labute approximate surface area is 94.5 Å². The van der Waals surface area contributed by atoms with Gasteiger partial charge in [-0.3, -0.25) is 4.79 Å². The Bertz CT molecular complexity index is 282. The Morgan fingerprint density at radius 2 is 2.00 bits per heavy atom. The average molecular weight is 227 g/mol. The number of carbonyl (C=O) groups is 2. The van der Waals surface area contributed by atoms with Gasteiger partial charge in [0.15, 0.2) is 0 Å². The highest BCUT2D eigenvalue weighted by Crippen LogP contribution is 2.18. The molecule has 0 aromatic rings. The van der Waals surface area contributed by atoms with E-state index in [9.17, 15) is 9.59 Å². The highest BCUT2D eigenvalue weighted by atomic mass is 16.5. The first-order valence-electron chi connectivity index (χ1n) is 5.39. The second kappa shape index (κ2) is 6.27. The number of hydrogen-bond donors (Lipinski definition) is 2. The summed E-state index contributed by atoms with van der Waals surface area (Å²) in [5.41, 5.74) is 0. The fourth-order valence-electron chi connectivity index (χ4n) is 1.75. The molecule has 0 aromatic carbocycles. The van der Waals surface area contributed by atoms with Crippen LogP contribution in [0, 0.1) is 5.92 Å². The zero-order chi connectivity index (χ0) is 12.0. The van der Waals surface area contributed by atoms with Crippen LogP contribution in [0.3, 0.4) is 0 Å². The number of ether oxygens (including phenoxy) is 1. The number of carboxylic acid groups (broad SMARTS) is 1. The average Bonchev–Trinajstić information content (AvgIpc) is 2.27. The molecule has 1 aliphatic heterocycles. The fourth-order valence-corrected chi connectivity index (χ4v) is 1.75. The van der Waals surface area contributed by atoms with Gasteiger partial charge in [0.1, 0.15) is 0 Å². The number of carboxylic acids is 1. The van der Waals surface area contributed by atoms with Crippen molar-refractivity contribution in [3.63, 3.8) is 0 Å². The number of nitrogens with one attached hydrogen (secondary N) is 1. The molecule has 16 heavy (non-hydrogen) atoms. The molecule has 2 N–H and O–H groups in total. The largest absolute Gasteiger partial charge is 0.478 e. The summed E-state index contributed by atoms with van der Waals surface area (Å²) < 4.78 is 5.23. The van der Waals surface area contributed by atoms with Crippen LogP contribution in [0.25, 0.3) is 0 Å². The maximum Gasteiger partial charge on any atom is 0.328 e. The van der Waals surface area contributed by atoms with E-state index in [1.54, 1.807) is 0 Å². The molecule has 1 unspecified atom stereocenters. The predicted molar refractivity (Wildman–Crippen MR) is 57.9 cm³/mol. The quantitative estimate of drug-likeness (QED) is 0.688. The zero-order valence-corrected chi connectivity index (χ0v) is 9.31. The molecule has 1 amide bonds. The van der Waals surface area contributed by atoms with E-state index in [1.807, 2.05) is 6.92 Å². The van der Waals surface area contributed by atoms with Crippen molar-refractivity contribution in [2.45, 2.75) is 25.8 Å². The summed E-state index contributed by atoms with van der Waals surface area (Å²) in [6.45, 7) is 3.40. The van der Waals surface area contributed by atoms with Crippen molar-refractivity contribution in [3.8, 4) is 0 Å². The zero-order valence-electron chi connectivity index (χ0n) is 9.31. The van der Waals surface area contributed by atoms with E-state index in [1.165, 1.54) is 0 Å². The van der Waals surface area contributed by atoms with Crippen LogP contribution in [0.2, 0.25) is 0 Å². The lowest BCUT2D eigenvalue weighted by atomic mass is 9.93. The van der Waals surface area contributed by atoms with Crippen LogP contribution in [-0.4, -0.2) is 36.2 Å². The number of rotatable bonds is 4. The molecule has 0 bridgehead atoms. The first-order valence-corrected chi connectivity index (χ1v) is 5.39. The molecule has 0 radical (unpaired) electrons. The first kappa shape index (κ1) is 12.7. The molecule has 1 fully saturated rings. The third-order valence-corrected chi connectivity index (χ3v) is 2.72. The second-order valence-electron chi connectivity index (χ2n) is 3.92. The van der Waals surface area contributed by atoms with Crippen LogP contribution in [0.4, 0.5) is 0 Å². The molecule has 1 atom stereocenters. The molecule has 1 saturated heterocycles. The summed E-state index contributed by atoms with van der Waals surface area (Å²) in [6.07, 6.45) is 3.75. The van der Waals surface area contributed by atoms with Crippen molar-refractivity contribution < 1.29 is 19.4 Å². The van der Waals surface area contributed by atoms with Crippen LogP contribution >= 0.6 is 0 Å². The van der Waals surface area contributed by atoms with Gasteiger partial charge < -0.3 is 15.2 Å². The monoisotopic (exact) mass is 227 g/mol. The smallest absolute Gasteiger partial charge is 0.328 e. The van der Waals surface area contributed by atoms with Gasteiger partial charge >= 0.3 is 5.97 Å². The molecule has 90 valence electrons. The summed E-state index contributed by atoms with van der Waals surface area (Å²) >= 11 is 0. The summed E-state index contributed by atoms with van der Waals surface area (Å²) in [5.74, 6) is -1.06. The molecule has 5 heteroatoms. The third-order valence-electron chi connectivity index (χ3n) is 2.72. The van der Waals surface area contributed by atoms with Crippen molar-refractivity contribution in [3.05, 3.63) is 12.2 Å².